The number of carbonyl (C=O) groups is 1. The summed E-state index contributed by atoms with van der Waals surface area (Å²) < 4.78 is 10.5. The lowest BCUT2D eigenvalue weighted by molar-refractivity contribution is -0.150. The number of benzene rings is 1. The number of hydrogen-bond donors (Lipinski definition) is 0. The molecule has 3 nitrogen and oxygen atoms in total. The Labute approximate surface area is 96.4 Å². The lowest BCUT2D eigenvalue weighted by atomic mass is 10.1. The molecular weight excluding hydrogens is 204 g/mol. The molecule has 1 rings (SSSR count). The number of carbonyl (C=O) groups excluding carboxylic acids is 1. The second-order valence-electron chi connectivity index (χ2n) is 3.47. The van der Waals surface area contributed by atoms with Gasteiger partial charge in [0.1, 0.15) is 5.75 Å². The second kappa shape index (κ2) is 6.16. The maximum atomic E-state index is 11.4. The fourth-order valence-corrected chi connectivity index (χ4v) is 1.41. The molecule has 0 radical (unpaired) electrons. The molecule has 0 spiro atoms. The van der Waals surface area contributed by atoms with Crippen LogP contribution in [0.4, 0.5) is 0 Å². The number of ether oxygens (including phenoxy) is 2. The standard InChI is InChI=1S/C13H18O3/c1-4-11-8-6-7-9-12(11)16-10(3)13(14)15-5-2/h6-10H,4-5H2,1-3H3. The molecule has 3 heteroatoms. The van der Waals surface area contributed by atoms with Crippen molar-refractivity contribution in [2.45, 2.75) is 33.3 Å². The van der Waals surface area contributed by atoms with Gasteiger partial charge in [-0.3, -0.25) is 0 Å². The van der Waals surface area contributed by atoms with E-state index in [9.17, 15) is 4.79 Å². The molecule has 0 saturated heterocycles. The molecule has 0 aliphatic heterocycles. The lowest BCUT2D eigenvalue weighted by Crippen LogP contribution is -2.26. The van der Waals surface area contributed by atoms with E-state index in [2.05, 4.69) is 6.92 Å². The molecule has 0 aromatic heterocycles. The van der Waals surface area contributed by atoms with Gasteiger partial charge in [0.15, 0.2) is 6.10 Å². The highest BCUT2D eigenvalue weighted by Gasteiger charge is 2.16. The van der Waals surface area contributed by atoms with Gasteiger partial charge in [-0.05, 0) is 31.9 Å². The largest absolute Gasteiger partial charge is 0.479 e. The first-order chi connectivity index (χ1) is 7.69. The van der Waals surface area contributed by atoms with Crippen LogP contribution in [0.25, 0.3) is 0 Å². The minimum absolute atomic E-state index is 0.326. The minimum Gasteiger partial charge on any atom is -0.479 e. The summed E-state index contributed by atoms with van der Waals surface area (Å²) in [5, 5.41) is 0. The molecule has 0 N–H and O–H groups in total. The van der Waals surface area contributed by atoms with Gasteiger partial charge in [0, 0.05) is 0 Å². The Balaban J connectivity index is 2.68. The summed E-state index contributed by atoms with van der Waals surface area (Å²) in [5.41, 5.74) is 1.10. The van der Waals surface area contributed by atoms with E-state index in [-0.39, 0.29) is 5.97 Å². The van der Waals surface area contributed by atoms with Gasteiger partial charge in [-0.2, -0.15) is 0 Å². The molecule has 1 atom stereocenters. The Morgan fingerprint density at radius 2 is 2.00 bits per heavy atom. The van der Waals surface area contributed by atoms with Crippen molar-refractivity contribution in [2.75, 3.05) is 6.61 Å². The monoisotopic (exact) mass is 222 g/mol. The maximum absolute atomic E-state index is 11.4. The summed E-state index contributed by atoms with van der Waals surface area (Å²) in [6, 6.07) is 7.72. The van der Waals surface area contributed by atoms with Gasteiger partial charge >= 0.3 is 5.97 Å². The second-order valence-corrected chi connectivity index (χ2v) is 3.47. The Morgan fingerprint density at radius 1 is 1.31 bits per heavy atom. The van der Waals surface area contributed by atoms with Gasteiger partial charge in [-0.15, -0.1) is 0 Å². The van der Waals surface area contributed by atoms with Crippen LogP contribution in [0.1, 0.15) is 26.3 Å². The zero-order chi connectivity index (χ0) is 12.0. The lowest BCUT2D eigenvalue weighted by Gasteiger charge is -2.15. The molecule has 88 valence electrons. The predicted octanol–water partition coefficient (Wildman–Crippen LogP) is 2.58. The number of para-hydroxylation sites is 1. The molecule has 1 aromatic rings. The van der Waals surface area contributed by atoms with E-state index < -0.39 is 6.10 Å². The first-order valence-electron chi connectivity index (χ1n) is 5.60. The molecule has 0 aliphatic rings. The zero-order valence-electron chi connectivity index (χ0n) is 10.0. The van der Waals surface area contributed by atoms with E-state index >= 15 is 0 Å². The molecule has 0 amide bonds. The smallest absolute Gasteiger partial charge is 0.347 e. The average Bonchev–Trinajstić information content (AvgIpc) is 2.30. The first-order valence-corrected chi connectivity index (χ1v) is 5.60. The van der Waals surface area contributed by atoms with Crippen LogP contribution in [0, 0.1) is 0 Å². The van der Waals surface area contributed by atoms with E-state index in [0.29, 0.717) is 6.61 Å². The third-order valence-electron chi connectivity index (χ3n) is 2.28. The predicted molar refractivity (Wildman–Crippen MR) is 62.5 cm³/mol. The van der Waals surface area contributed by atoms with Crippen molar-refractivity contribution in [3.8, 4) is 5.75 Å². The van der Waals surface area contributed by atoms with Crippen molar-refractivity contribution in [1.29, 1.82) is 0 Å². The van der Waals surface area contributed by atoms with Crippen LogP contribution in [0.5, 0.6) is 5.75 Å². The molecule has 0 fully saturated rings. The molecule has 16 heavy (non-hydrogen) atoms. The van der Waals surface area contributed by atoms with Crippen molar-refractivity contribution in [3.05, 3.63) is 29.8 Å². The highest BCUT2D eigenvalue weighted by atomic mass is 16.6. The molecule has 0 aliphatic carbocycles. The number of rotatable bonds is 5. The highest BCUT2D eigenvalue weighted by Crippen LogP contribution is 2.19. The van der Waals surface area contributed by atoms with Gasteiger partial charge in [0.25, 0.3) is 0 Å². The van der Waals surface area contributed by atoms with Crippen molar-refractivity contribution in [2.24, 2.45) is 0 Å². The van der Waals surface area contributed by atoms with Crippen molar-refractivity contribution in [3.63, 3.8) is 0 Å². The summed E-state index contributed by atoms with van der Waals surface area (Å²) in [6.07, 6.45) is 0.318. The van der Waals surface area contributed by atoms with Crippen LogP contribution in [0.15, 0.2) is 24.3 Å². The van der Waals surface area contributed by atoms with Gasteiger partial charge in [0.2, 0.25) is 0 Å². The van der Waals surface area contributed by atoms with Crippen molar-refractivity contribution < 1.29 is 14.3 Å². The Morgan fingerprint density at radius 3 is 2.62 bits per heavy atom. The summed E-state index contributed by atoms with van der Waals surface area (Å²) in [5.74, 6) is 0.430. The van der Waals surface area contributed by atoms with Crippen LogP contribution in [0.2, 0.25) is 0 Å². The van der Waals surface area contributed by atoms with Crippen LogP contribution < -0.4 is 4.74 Å². The molecule has 0 heterocycles. The number of esters is 1. The molecule has 1 unspecified atom stereocenters. The first kappa shape index (κ1) is 12.6. The molecule has 0 bridgehead atoms. The molecular formula is C13H18O3. The zero-order valence-corrected chi connectivity index (χ0v) is 10.0. The third-order valence-corrected chi connectivity index (χ3v) is 2.28. The fourth-order valence-electron chi connectivity index (χ4n) is 1.41. The summed E-state index contributed by atoms with van der Waals surface area (Å²) >= 11 is 0. The molecule has 0 saturated carbocycles. The van der Waals surface area contributed by atoms with Crippen LogP contribution >= 0.6 is 0 Å². The highest BCUT2D eigenvalue weighted by molar-refractivity contribution is 5.74. The van der Waals surface area contributed by atoms with Crippen LogP contribution in [0.3, 0.4) is 0 Å². The number of hydrogen-bond acceptors (Lipinski definition) is 3. The van der Waals surface area contributed by atoms with E-state index in [1.807, 2.05) is 24.3 Å². The fraction of sp³-hybridized carbons (Fsp3) is 0.462. The Hall–Kier alpha value is -1.51. The summed E-state index contributed by atoms with van der Waals surface area (Å²) in [7, 11) is 0. The topological polar surface area (TPSA) is 35.5 Å². The van der Waals surface area contributed by atoms with Crippen LogP contribution in [-0.4, -0.2) is 18.7 Å². The van der Waals surface area contributed by atoms with Gasteiger partial charge in [-0.1, -0.05) is 25.1 Å². The third kappa shape index (κ3) is 3.26. The number of aryl methyl sites for hydroxylation is 1. The van der Waals surface area contributed by atoms with Crippen molar-refractivity contribution >= 4 is 5.97 Å². The normalized spacial score (nSPS) is 11.9. The maximum Gasteiger partial charge on any atom is 0.347 e. The Kier molecular flexibility index (Phi) is 4.83. The quantitative estimate of drug-likeness (QED) is 0.718. The van der Waals surface area contributed by atoms with Gasteiger partial charge in [-0.25, -0.2) is 4.79 Å². The minimum atomic E-state index is -0.562. The van der Waals surface area contributed by atoms with Crippen LogP contribution in [-0.2, 0) is 16.0 Å². The average molecular weight is 222 g/mol. The SMILES string of the molecule is CCOC(=O)C(C)Oc1ccccc1CC. The van der Waals surface area contributed by atoms with E-state index in [1.54, 1.807) is 13.8 Å². The molecule has 1 aromatic carbocycles. The van der Waals surface area contributed by atoms with E-state index in [4.69, 9.17) is 9.47 Å². The van der Waals surface area contributed by atoms with Gasteiger partial charge < -0.3 is 9.47 Å². The van der Waals surface area contributed by atoms with E-state index in [1.165, 1.54) is 0 Å². The Bertz CT molecular complexity index is 347. The van der Waals surface area contributed by atoms with Gasteiger partial charge in [0.05, 0.1) is 6.61 Å². The summed E-state index contributed by atoms with van der Waals surface area (Å²) in [6.45, 7) is 5.91. The van der Waals surface area contributed by atoms with E-state index in [0.717, 1.165) is 17.7 Å². The van der Waals surface area contributed by atoms with Crippen molar-refractivity contribution in [1.82, 2.24) is 0 Å². The summed E-state index contributed by atoms with van der Waals surface area (Å²) in [4.78, 5) is 11.4.